The number of rotatable bonds is 6. The van der Waals surface area contributed by atoms with Gasteiger partial charge in [-0.25, -0.2) is 13.8 Å². The number of nitrogens with zero attached hydrogens (tertiary/aromatic N) is 1. The highest BCUT2D eigenvalue weighted by Gasteiger charge is 2.14. The summed E-state index contributed by atoms with van der Waals surface area (Å²) >= 11 is 4.80. The first-order chi connectivity index (χ1) is 12.9. The number of benzene rings is 2. The van der Waals surface area contributed by atoms with Gasteiger partial charge in [-0.15, -0.1) is 0 Å². The van der Waals surface area contributed by atoms with Crippen molar-refractivity contribution in [3.63, 3.8) is 0 Å². The zero-order chi connectivity index (χ0) is 19.3. The summed E-state index contributed by atoms with van der Waals surface area (Å²) in [5.41, 5.74) is 4.05. The second kappa shape index (κ2) is 8.47. The van der Waals surface area contributed by atoms with Crippen LogP contribution in [0.3, 0.4) is 0 Å². The minimum Gasteiger partial charge on any atom is -0.280 e. The molecule has 6 nitrogen and oxygen atoms in total. The Morgan fingerprint density at radius 1 is 1.04 bits per heavy atom. The van der Waals surface area contributed by atoms with Crippen LogP contribution < -0.4 is 10.1 Å². The Labute approximate surface area is 169 Å². The first-order valence-electron chi connectivity index (χ1n) is 7.68. The van der Waals surface area contributed by atoms with E-state index in [-0.39, 0.29) is 10.8 Å². The first-order valence-corrected chi connectivity index (χ1v) is 10.9. The Balaban J connectivity index is 1.64. The number of nitrogens with one attached hydrogen (secondary N) is 2. The molecule has 1 amide bonds. The molecule has 2 aromatic carbocycles. The summed E-state index contributed by atoms with van der Waals surface area (Å²) in [4.78, 5) is 12.2. The van der Waals surface area contributed by atoms with E-state index < -0.39 is 10.0 Å². The van der Waals surface area contributed by atoms with E-state index in [0.717, 1.165) is 10.0 Å². The first kappa shape index (κ1) is 19.3. The summed E-state index contributed by atoms with van der Waals surface area (Å²) in [6, 6.07) is 14.3. The van der Waals surface area contributed by atoms with Gasteiger partial charge in [0.05, 0.1) is 11.1 Å². The zero-order valence-corrected chi connectivity index (χ0v) is 17.0. The van der Waals surface area contributed by atoms with Gasteiger partial charge < -0.3 is 0 Å². The second-order valence-corrected chi connectivity index (χ2v) is 8.77. The quantitative estimate of drug-likeness (QED) is 0.426. The average Bonchev–Trinajstić information content (AvgIpc) is 3.16. The fraction of sp³-hybridized carbons (Fsp3) is 0. The van der Waals surface area contributed by atoms with Crippen molar-refractivity contribution in [1.29, 1.82) is 0 Å². The van der Waals surface area contributed by atoms with Gasteiger partial charge in [-0.3, -0.25) is 9.52 Å². The van der Waals surface area contributed by atoms with Crippen LogP contribution in [0.25, 0.3) is 0 Å². The monoisotopic (exact) mass is 463 g/mol. The maximum Gasteiger partial charge on any atom is 0.271 e. The van der Waals surface area contributed by atoms with Crippen LogP contribution in [0.1, 0.15) is 15.9 Å². The summed E-state index contributed by atoms with van der Waals surface area (Å²) in [6.45, 7) is 0. The number of carbonyl (C=O) groups excluding carboxylic acids is 1. The van der Waals surface area contributed by atoms with Crippen LogP contribution in [-0.4, -0.2) is 20.5 Å². The van der Waals surface area contributed by atoms with E-state index in [2.05, 4.69) is 31.2 Å². The molecular weight excluding hydrogens is 450 g/mol. The molecule has 9 heteroatoms. The van der Waals surface area contributed by atoms with Crippen molar-refractivity contribution in [2.45, 2.75) is 4.90 Å². The van der Waals surface area contributed by atoms with Gasteiger partial charge in [0.2, 0.25) is 0 Å². The molecule has 0 aliphatic rings. The van der Waals surface area contributed by atoms with Gasteiger partial charge in [0.25, 0.3) is 15.9 Å². The van der Waals surface area contributed by atoms with Crippen LogP contribution >= 0.6 is 27.3 Å². The lowest BCUT2D eigenvalue weighted by atomic mass is 10.2. The number of anilines is 1. The molecule has 27 heavy (non-hydrogen) atoms. The van der Waals surface area contributed by atoms with Crippen molar-refractivity contribution in [3.05, 3.63) is 81.0 Å². The van der Waals surface area contributed by atoms with Crippen LogP contribution in [-0.2, 0) is 10.0 Å². The van der Waals surface area contributed by atoms with Gasteiger partial charge in [0.15, 0.2) is 0 Å². The van der Waals surface area contributed by atoms with Gasteiger partial charge >= 0.3 is 0 Å². The van der Waals surface area contributed by atoms with Gasteiger partial charge in [-0.1, -0.05) is 15.9 Å². The van der Waals surface area contributed by atoms with Crippen molar-refractivity contribution in [1.82, 2.24) is 5.43 Å². The van der Waals surface area contributed by atoms with Crippen molar-refractivity contribution in [2.75, 3.05) is 4.72 Å². The minimum absolute atomic E-state index is 0.148. The predicted molar refractivity (Wildman–Crippen MR) is 111 cm³/mol. The lowest BCUT2D eigenvalue weighted by molar-refractivity contribution is 0.0955. The van der Waals surface area contributed by atoms with Crippen molar-refractivity contribution in [2.24, 2.45) is 5.10 Å². The Hall–Kier alpha value is -2.49. The Morgan fingerprint density at radius 2 is 1.74 bits per heavy atom. The summed E-state index contributed by atoms with van der Waals surface area (Å²) in [6.07, 6.45) is 1.55. The molecule has 0 saturated heterocycles. The van der Waals surface area contributed by atoms with E-state index in [9.17, 15) is 13.2 Å². The summed E-state index contributed by atoms with van der Waals surface area (Å²) < 4.78 is 28.0. The maximum atomic E-state index is 12.4. The van der Waals surface area contributed by atoms with E-state index in [4.69, 9.17) is 0 Å². The number of hydrogen-bond acceptors (Lipinski definition) is 5. The molecular formula is C18H14BrN3O3S2. The molecule has 0 bridgehead atoms. The van der Waals surface area contributed by atoms with Gasteiger partial charge in [0.1, 0.15) is 0 Å². The Morgan fingerprint density at radius 3 is 2.37 bits per heavy atom. The van der Waals surface area contributed by atoms with Gasteiger partial charge in [0, 0.05) is 21.3 Å². The second-order valence-electron chi connectivity index (χ2n) is 5.39. The zero-order valence-electron chi connectivity index (χ0n) is 13.8. The number of amides is 1. The molecule has 0 aliphatic carbocycles. The highest BCUT2D eigenvalue weighted by molar-refractivity contribution is 9.10. The van der Waals surface area contributed by atoms with E-state index in [1.54, 1.807) is 18.3 Å². The number of sulfonamides is 1. The smallest absolute Gasteiger partial charge is 0.271 e. The van der Waals surface area contributed by atoms with Crippen molar-refractivity contribution < 1.29 is 13.2 Å². The van der Waals surface area contributed by atoms with Crippen LogP contribution in [0, 0.1) is 0 Å². The molecule has 0 aliphatic heterocycles. The highest BCUT2D eigenvalue weighted by Crippen LogP contribution is 2.19. The molecule has 0 radical (unpaired) electrons. The third kappa shape index (κ3) is 5.25. The molecule has 0 spiro atoms. The maximum absolute atomic E-state index is 12.4. The number of carbonyl (C=O) groups is 1. The lowest BCUT2D eigenvalue weighted by Gasteiger charge is -2.08. The molecule has 3 aromatic rings. The molecule has 2 N–H and O–H groups in total. The molecule has 0 atom stereocenters. The normalized spacial score (nSPS) is 11.4. The van der Waals surface area contributed by atoms with Crippen LogP contribution in [0.15, 0.2) is 79.8 Å². The lowest BCUT2D eigenvalue weighted by Crippen LogP contribution is -2.18. The number of hydrazone groups is 1. The van der Waals surface area contributed by atoms with E-state index >= 15 is 0 Å². The fourth-order valence-electron chi connectivity index (χ4n) is 2.10. The highest BCUT2D eigenvalue weighted by atomic mass is 79.9. The molecule has 3 rings (SSSR count). The average molecular weight is 464 g/mol. The standard InChI is InChI=1S/C18H14BrN3O3S2/c19-15-3-7-17(8-4-15)27(24,25)22-16-5-1-14(2-6-16)18(23)21-20-11-13-9-10-26-12-13/h1-12,22H,(H,21,23)/b20-11+. The molecule has 1 aromatic heterocycles. The molecule has 0 unspecified atom stereocenters. The predicted octanol–water partition coefficient (Wildman–Crippen LogP) is 4.08. The number of thiophene rings is 1. The molecule has 1 heterocycles. The fourth-order valence-corrected chi connectivity index (χ4v) is 4.03. The van der Waals surface area contributed by atoms with E-state index in [1.807, 2.05) is 16.8 Å². The Kier molecular flexibility index (Phi) is 6.04. The molecule has 138 valence electrons. The molecule has 0 fully saturated rings. The number of halogens is 1. The SMILES string of the molecule is O=C(N/N=C/c1ccsc1)c1ccc(NS(=O)(=O)c2ccc(Br)cc2)cc1. The minimum atomic E-state index is -3.70. The van der Waals surface area contributed by atoms with E-state index in [1.165, 1.54) is 47.7 Å². The topological polar surface area (TPSA) is 87.6 Å². The van der Waals surface area contributed by atoms with Gasteiger partial charge in [-0.05, 0) is 65.4 Å². The third-order valence-corrected chi connectivity index (χ3v) is 6.07. The van der Waals surface area contributed by atoms with Crippen molar-refractivity contribution >= 4 is 55.1 Å². The van der Waals surface area contributed by atoms with Crippen molar-refractivity contribution in [3.8, 4) is 0 Å². The summed E-state index contributed by atoms with van der Waals surface area (Å²) in [5.74, 6) is -0.385. The Bertz CT molecular complexity index is 1050. The summed E-state index contributed by atoms with van der Waals surface area (Å²) in [5, 5.41) is 7.70. The third-order valence-electron chi connectivity index (χ3n) is 3.45. The van der Waals surface area contributed by atoms with Crippen LogP contribution in [0.4, 0.5) is 5.69 Å². The van der Waals surface area contributed by atoms with E-state index in [0.29, 0.717) is 11.3 Å². The van der Waals surface area contributed by atoms with Gasteiger partial charge in [-0.2, -0.15) is 16.4 Å². The largest absolute Gasteiger partial charge is 0.280 e. The summed E-state index contributed by atoms with van der Waals surface area (Å²) in [7, 11) is -3.70. The number of hydrogen-bond donors (Lipinski definition) is 2. The van der Waals surface area contributed by atoms with Crippen LogP contribution in [0.2, 0.25) is 0 Å². The van der Waals surface area contributed by atoms with Crippen LogP contribution in [0.5, 0.6) is 0 Å². The molecule has 0 saturated carbocycles.